The van der Waals surface area contributed by atoms with Gasteiger partial charge in [0.15, 0.2) is 16.9 Å². The van der Waals surface area contributed by atoms with E-state index in [0.717, 1.165) is 16.9 Å². The van der Waals surface area contributed by atoms with Crippen LogP contribution in [0, 0.1) is 0 Å². The van der Waals surface area contributed by atoms with Crippen LogP contribution < -0.4 is 5.43 Å². The smallest absolute Gasteiger partial charge is 0.191 e. The number of pyridine rings is 1. The Morgan fingerprint density at radius 1 is 0.950 bits per heavy atom. The molecule has 0 aliphatic heterocycles. The van der Waals surface area contributed by atoms with E-state index in [1.807, 2.05) is 59.1 Å². The molecule has 4 nitrogen and oxygen atoms in total. The molecule has 2 aromatic carbocycles. The highest BCUT2D eigenvalue weighted by Crippen LogP contribution is 2.18. The first-order valence-electron chi connectivity index (χ1n) is 6.39. The molecule has 0 spiro atoms. The van der Waals surface area contributed by atoms with Crippen molar-refractivity contribution in [2.75, 3.05) is 0 Å². The molecule has 0 saturated carbocycles. The molecule has 2 heterocycles. The Kier molecular flexibility index (Phi) is 2.23. The van der Waals surface area contributed by atoms with Gasteiger partial charge in [-0.1, -0.05) is 42.5 Å². The molecule has 96 valence electrons. The molecule has 0 atom stereocenters. The minimum atomic E-state index is -0.00767. The first kappa shape index (κ1) is 11.0. The number of rotatable bonds is 1. The van der Waals surface area contributed by atoms with Gasteiger partial charge in [-0.2, -0.15) is 0 Å². The fourth-order valence-corrected chi connectivity index (χ4v) is 2.43. The molecule has 2 aromatic heterocycles. The standard InChI is InChI=1S/C16H11N3O/c20-14-10-15-17-16(11-6-2-1-3-7-11)18-19(15)13-9-5-4-8-12(13)14/h1-10H,(H,17,18). The third-order valence-corrected chi connectivity index (χ3v) is 3.39. The number of hydrogen-bond acceptors (Lipinski definition) is 2. The Morgan fingerprint density at radius 2 is 1.70 bits per heavy atom. The lowest BCUT2D eigenvalue weighted by atomic mass is 10.2. The second kappa shape index (κ2) is 4.06. The minimum Gasteiger partial charge on any atom is -0.289 e. The second-order valence-electron chi connectivity index (χ2n) is 4.66. The number of aromatic amines is 1. The van der Waals surface area contributed by atoms with Gasteiger partial charge in [-0.15, -0.1) is 0 Å². The van der Waals surface area contributed by atoms with E-state index in [1.165, 1.54) is 0 Å². The van der Waals surface area contributed by atoms with Gasteiger partial charge in [0.1, 0.15) is 0 Å². The summed E-state index contributed by atoms with van der Waals surface area (Å²) in [4.78, 5) is 16.6. The second-order valence-corrected chi connectivity index (χ2v) is 4.66. The summed E-state index contributed by atoms with van der Waals surface area (Å²) in [5.41, 5.74) is 2.46. The van der Waals surface area contributed by atoms with E-state index < -0.39 is 0 Å². The Hall–Kier alpha value is -2.88. The maximum Gasteiger partial charge on any atom is 0.191 e. The van der Waals surface area contributed by atoms with Crippen LogP contribution in [0.3, 0.4) is 0 Å². The Bertz CT molecular complexity index is 967. The number of nitrogens with one attached hydrogen (secondary N) is 1. The molecule has 0 unspecified atom stereocenters. The van der Waals surface area contributed by atoms with Crippen LogP contribution in [0.15, 0.2) is 65.5 Å². The lowest BCUT2D eigenvalue weighted by Crippen LogP contribution is -2.04. The van der Waals surface area contributed by atoms with Crippen LogP contribution in [0.2, 0.25) is 0 Å². The molecule has 4 heteroatoms. The van der Waals surface area contributed by atoms with E-state index in [9.17, 15) is 4.79 Å². The fourth-order valence-electron chi connectivity index (χ4n) is 2.43. The monoisotopic (exact) mass is 261 g/mol. The zero-order chi connectivity index (χ0) is 13.5. The van der Waals surface area contributed by atoms with Crippen molar-refractivity contribution in [1.29, 1.82) is 0 Å². The Balaban J connectivity index is 2.10. The van der Waals surface area contributed by atoms with Crippen molar-refractivity contribution in [3.05, 3.63) is 70.9 Å². The third-order valence-electron chi connectivity index (χ3n) is 3.39. The van der Waals surface area contributed by atoms with Crippen LogP contribution >= 0.6 is 0 Å². The largest absolute Gasteiger partial charge is 0.289 e. The average molecular weight is 261 g/mol. The third kappa shape index (κ3) is 1.55. The molecule has 20 heavy (non-hydrogen) atoms. The molecule has 1 N–H and O–H groups in total. The summed E-state index contributed by atoms with van der Waals surface area (Å²) < 4.78 is 1.85. The molecule has 0 aliphatic rings. The van der Waals surface area contributed by atoms with E-state index in [-0.39, 0.29) is 5.43 Å². The highest BCUT2D eigenvalue weighted by molar-refractivity contribution is 5.81. The fraction of sp³-hybridized carbons (Fsp3) is 0. The number of fused-ring (bicyclic) bond motifs is 3. The molecular formula is C16H11N3O. The zero-order valence-electron chi connectivity index (χ0n) is 10.6. The van der Waals surface area contributed by atoms with Gasteiger partial charge in [-0.05, 0) is 12.1 Å². The van der Waals surface area contributed by atoms with Crippen LogP contribution in [0.1, 0.15) is 0 Å². The van der Waals surface area contributed by atoms with Crippen molar-refractivity contribution in [2.45, 2.75) is 0 Å². The van der Waals surface area contributed by atoms with Crippen molar-refractivity contribution in [3.8, 4) is 11.4 Å². The van der Waals surface area contributed by atoms with Crippen LogP contribution in [0.4, 0.5) is 0 Å². The lowest BCUT2D eigenvalue weighted by molar-refractivity contribution is 1.01. The van der Waals surface area contributed by atoms with E-state index in [0.29, 0.717) is 11.0 Å². The molecule has 4 rings (SSSR count). The normalized spacial score (nSPS) is 11.2. The summed E-state index contributed by atoms with van der Waals surface area (Å²) in [7, 11) is 0. The molecule has 0 fully saturated rings. The van der Waals surface area contributed by atoms with Crippen LogP contribution in [-0.4, -0.2) is 14.6 Å². The van der Waals surface area contributed by atoms with Gasteiger partial charge >= 0.3 is 0 Å². The van der Waals surface area contributed by atoms with Crippen molar-refractivity contribution >= 4 is 16.6 Å². The van der Waals surface area contributed by atoms with Gasteiger partial charge in [0, 0.05) is 17.0 Å². The van der Waals surface area contributed by atoms with Crippen molar-refractivity contribution < 1.29 is 0 Å². The van der Waals surface area contributed by atoms with Gasteiger partial charge in [0.2, 0.25) is 0 Å². The van der Waals surface area contributed by atoms with Crippen LogP contribution in [0.25, 0.3) is 27.9 Å². The molecule has 0 aliphatic carbocycles. The first-order valence-corrected chi connectivity index (χ1v) is 6.39. The number of para-hydroxylation sites is 1. The van der Waals surface area contributed by atoms with Crippen molar-refractivity contribution in [1.82, 2.24) is 14.6 Å². The van der Waals surface area contributed by atoms with Gasteiger partial charge in [0.25, 0.3) is 0 Å². The summed E-state index contributed by atoms with van der Waals surface area (Å²) in [6.45, 7) is 0. The summed E-state index contributed by atoms with van der Waals surface area (Å²) in [5, 5.41) is 3.94. The van der Waals surface area contributed by atoms with Crippen molar-refractivity contribution in [3.63, 3.8) is 0 Å². The van der Waals surface area contributed by atoms with Crippen LogP contribution in [0.5, 0.6) is 0 Å². The zero-order valence-corrected chi connectivity index (χ0v) is 10.6. The van der Waals surface area contributed by atoms with E-state index in [2.05, 4.69) is 10.1 Å². The highest BCUT2D eigenvalue weighted by atomic mass is 16.1. The molecule has 0 saturated heterocycles. The SMILES string of the molecule is O=c1cc2nc(-c3ccccc3)[nH]n2c2ccccc12. The molecular weight excluding hydrogens is 250 g/mol. The summed E-state index contributed by atoms with van der Waals surface area (Å²) >= 11 is 0. The number of nitrogens with zero attached hydrogens (tertiary/aromatic N) is 2. The maximum absolute atomic E-state index is 12.1. The first-order chi connectivity index (χ1) is 9.83. The van der Waals surface area contributed by atoms with Gasteiger partial charge in [-0.25, -0.2) is 9.50 Å². The topological polar surface area (TPSA) is 50.2 Å². The van der Waals surface area contributed by atoms with Gasteiger partial charge in [-0.3, -0.25) is 9.89 Å². The minimum absolute atomic E-state index is 0.00767. The van der Waals surface area contributed by atoms with E-state index >= 15 is 0 Å². The van der Waals surface area contributed by atoms with Gasteiger partial charge in [0.05, 0.1) is 5.52 Å². The van der Waals surface area contributed by atoms with Gasteiger partial charge < -0.3 is 0 Å². The molecule has 0 radical (unpaired) electrons. The lowest BCUT2D eigenvalue weighted by Gasteiger charge is -1.99. The van der Waals surface area contributed by atoms with Crippen LogP contribution in [-0.2, 0) is 0 Å². The quantitative estimate of drug-likeness (QED) is 0.573. The maximum atomic E-state index is 12.1. The Labute approximate surface area is 114 Å². The summed E-state index contributed by atoms with van der Waals surface area (Å²) in [6, 6.07) is 18.9. The number of benzene rings is 2. The summed E-state index contributed by atoms with van der Waals surface area (Å²) in [6.07, 6.45) is 0. The number of aromatic nitrogens is 3. The number of hydrogen-bond donors (Lipinski definition) is 1. The molecule has 4 aromatic rings. The highest BCUT2D eigenvalue weighted by Gasteiger charge is 2.08. The van der Waals surface area contributed by atoms with E-state index in [1.54, 1.807) is 6.07 Å². The van der Waals surface area contributed by atoms with Crippen molar-refractivity contribution in [2.24, 2.45) is 0 Å². The number of H-pyrrole nitrogens is 1. The molecule has 0 amide bonds. The van der Waals surface area contributed by atoms with E-state index in [4.69, 9.17) is 0 Å². The predicted octanol–water partition coefficient (Wildman–Crippen LogP) is 2.84. The average Bonchev–Trinajstić information content (AvgIpc) is 2.93. The summed E-state index contributed by atoms with van der Waals surface area (Å²) in [5.74, 6) is 0.751. The Morgan fingerprint density at radius 3 is 2.55 bits per heavy atom. The predicted molar refractivity (Wildman–Crippen MR) is 78.8 cm³/mol. The molecule has 0 bridgehead atoms.